The van der Waals surface area contributed by atoms with Crippen LogP contribution in [-0.2, 0) is 0 Å². The molecule has 0 aliphatic rings. The smallest absolute Gasteiger partial charge is 0.255 e. The predicted molar refractivity (Wildman–Crippen MR) is 55.4 cm³/mol. The summed E-state index contributed by atoms with van der Waals surface area (Å²) in [6, 6.07) is 0. The number of carbonyl (C=O) groups excluding carboxylic acids is 1. The number of nitrogens with two attached hydrogens (primary N) is 2. The first-order valence-corrected chi connectivity index (χ1v) is 4.72. The zero-order valence-corrected chi connectivity index (χ0v) is 8.54. The lowest BCUT2D eigenvalue weighted by molar-refractivity contribution is 0.100. The maximum atomic E-state index is 11.0. The zero-order chi connectivity index (χ0) is 10.7. The Kier molecular flexibility index (Phi) is 3.26. The van der Waals surface area contributed by atoms with Crippen LogP contribution >= 0.6 is 11.5 Å². The monoisotopic (exact) mass is 216 g/mol. The summed E-state index contributed by atoms with van der Waals surface area (Å²) in [5.74, 6) is -0.460. The molecular weight excluding hydrogens is 204 g/mol. The average molecular weight is 216 g/mol. The molecule has 1 aromatic heterocycles. The maximum Gasteiger partial charge on any atom is 0.255 e. The normalized spacial score (nSPS) is 10.1. The SMILES string of the molecule is CN(CCO)c1snc(N)c1C(N)=O. The number of rotatable bonds is 4. The Bertz CT molecular complexity index is 338. The van der Waals surface area contributed by atoms with E-state index in [4.69, 9.17) is 16.6 Å². The van der Waals surface area contributed by atoms with Crippen LogP contribution in [0.1, 0.15) is 10.4 Å². The van der Waals surface area contributed by atoms with Crippen LogP contribution in [0.15, 0.2) is 0 Å². The molecule has 78 valence electrons. The van der Waals surface area contributed by atoms with E-state index in [0.29, 0.717) is 11.5 Å². The van der Waals surface area contributed by atoms with Crippen molar-refractivity contribution >= 4 is 28.3 Å². The molecule has 0 unspecified atom stereocenters. The van der Waals surface area contributed by atoms with Crippen LogP contribution in [0.4, 0.5) is 10.8 Å². The molecule has 7 heteroatoms. The molecular formula is C7H12N4O2S. The predicted octanol–water partition coefficient (Wildman–Crippen LogP) is -0.747. The third-order valence-corrected chi connectivity index (χ3v) is 2.71. The summed E-state index contributed by atoms with van der Waals surface area (Å²) < 4.78 is 3.84. The number of amides is 1. The van der Waals surface area contributed by atoms with Gasteiger partial charge in [-0.3, -0.25) is 4.79 Å². The molecule has 0 aliphatic carbocycles. The second kappa shape index (κ2) is 4.25. The molecule has 0 aromatic carbocycles. The molecule has 14 heavy (non-hydrogen) atoms. The Morgan fingerprint density at radius 3 is 2.86 bits per heavy atom. The summed E-state index contributed by atoms with van der Waals surface area (Å²) in [5.41, 5.74) is 10.9. The van der Waals surface area contributed by atoms with Crippen molar-refractivity contribution in [2.75, 3.05) is 30.8 Å². The molecule has 0 aliphatic heterocycles. The van der Waals surface area contributed by atoms with Crippen LogP contribution in [0.3, 0.4) is 0 Å². The van der Waals surface area contributed by atoms with E-state index in [1.807, 2.05) is 0 Å². The number of nitrogen functional groups attached to an aromatic ring is 1. The maximum absolute atomic E-state index is 11.0. The number of aliphatic hydroxyl groups excluding tert-OH is 1. The third kappa shape index (κ3) is 1.94. The van der Waals surface area contributed by atoms with Gasteiger partial charge in [-0.05, 0) is 11.5 Å². The minimum absolute atomic E-state index is 0.00743. The lowest BCUT2D eigenvalue weighted by atomic mass is 10.3. The van der Waals surface area contributed by atoms with Crippen molar-refractivity contribution in [1.82, 2.24) is 4.37 Å². The largest absolute Gasteiger partial charge is 0.395 e. The first-order chi connectivity index (χ1) is 6.57. The van der Waals surface area contributed by atoms with Gasteiger partial charge < -0.3 is 21.5 Å². The molecule has 0 fully saturated rings. The molecule has 1 aromatic rings. The highest BCUT2D eigenvalue weighted by molar-refractivity contribution is 7.11. The molecule has 0 atom stereocenters. The summed E-state index contributed by atoms with van der Waals surface area (Å²) >= 11 is 1.09. The minimum Gasteiger partial charge on any atom is -0.395 e. The summed E-state index contributed by atoms with van der Waals surface area (Å²) in [5, 5.41) is 9.32. The van der Waals surface area contributed by atoms with Gasteiger partial charge in [-0.2, -0.15) is 4.37 Å². The number of carbonyl (C=O) groups is 1. The van der Waals surface area contributed by atoms with E-state index in [1.54, 1.807) is 11.9 Å². The van der Waals surface area contributed by atoms with Crippen molar-refractivity contribution in [2.45, 2.75) is 0 Å². The number of aliphatic hydroxyl groups is 1. The highest BCUT2D eigenvalue weighted by Gasteiger charge is 2.19. The average Bonchev–Trinajstić information content (AvgIpc) is 2.47. The first kappa shape index (κ1) is 10.7. The summed E-state index contributed by atoms with van der Waals surface area (Å²) in [4.78, 5) is 12.7. The number of hydrogen-bond acceptors (Lipinski definition) is 6. The quantitative estimate of drug-likeness (QED) is 0.614. The van der Waals surface area contributed by atoms with Gasteiger partial charge in [-0.25, -0.2) is 0 Å². The van der Waals surface area contributed by atoms with Gasteiger partial charge in [-0.15, -0.1) is 0 Å². The number of hydrogen-bond donors (Lipinski definition) is 3. The Labute approximate surface area is 85.3 Å². The van der Waals surface area contributed by atoms with E-state index < -0.39 is 5.91 Å². The van der Waals surface area contributed by atoms with E-state index in [9.17, 15) is 4.79 Å². The van der Waals surface area contributed by atoms with Crippen molar-refractivity contribution in [3.63, 3.8) is 0 Å². The third-order valence-electron chi connectivity index (χ3n) is 1.73. The van der Waals surface area contributed by atoms with Crippen LogP contribution in [0.2, 0.25) is 0 Å². The van der Waals surface area contributed by atoms with Crippen molar-refractivity contribution in [3.8, 4) is 0 Å². The van der Waals surface area contributed by atoms with E-state index >= 15 is 0 Å². The molecule has 6 nitrogen and oxygen atoms in total. The summed E-state index contributed by atoms with van der Waals surface area (Å²) in [7, 11) is 1.73. The van der Waals surface area contributed by atoms with E-state index in [1.165, 1.54) is 0 Å². The number of primary amides is 1. The minimum atomic E-state index is -0.601. The molecule has 0 spiro atoms. The van der Waals surface area contributed by atoms with Gasteiger partial charge >= 0.3 is 0 Å². The Morgan fingerprint density at radius 1 is 1.71 bits per heavy atom. The molecule has 0 saturated carbocycles. The Hall–Kier alpha value is -1.34. The van der Waals surface area contributed by atoms with Gasteiger partial charge in [0.2, 0.25) is 0 Å². The lowest BCUT2D eigenvalue weighted by Crippen LogP contribution is -2.24. The van der Waals surface area contributed by atoms with Crippen LogP contribution in [0.5, 0.6) is 0 Å². The summed E-state index contributed by atoms with van der Waals surface area (Å²) in [6.45, 7) is 0.397. The van der Waals surface area contributed by atoms with Crippen molar-refractivity contribution < 1.29 is 9.90 Å². The lowest BCUT2D eigenvalue weighted by Gasteiger charge is -2.15. The Morgan fingerprint density at radius 2 is 2.36 bits per heavy atom. The Balaban J connectivity index is 3.02. The first-order valence-electron chi connectivity index (χ1n) is 3.95. The summed E-state index contributed by atoms with van der Waals surface area (Å²) in [6.07, 6.45) is 0. The fourth-order valence-corrected chi connectivity index (χ4v) is 1.84. The fourth-order valence-electron chi connectivity index (χ4n) is 1.04. The number of anilines is 2. The number of aromatic nitrogens is 1. The molecule has 1 rings (SSSR count). The highest BCUT2D eigenvalue weighted by atomic mass is 32.1. The number of nitrogens with zero attached hydrogens (tertiary/aromatic N) is 2. The topological polar surface area (TPSA) is 105 Å². The number of likely N-dealkylation sites (N-methyl/N-ethyl adjacent to an activating group) is 1. The van der Waals surface area contributed by atoms with Crippen molar-refractivity contribution in [1.29, 1.82) is 0 Å². The van der Waals surface area contributed by atoms with Crippen molar-refractivity contribution in [3.05, 3.63) is 5.56 Å². The molecule has 5 N–H and O–H groups in total. The zero-order valence-electron chi connectivity index (χ0n) is 7.73. The second-order valence-electron chi connectivity index (χ2n) is 2.76. The van der Waals surface area contributed by atoms with Gasteiger partial charge in [0, 0.05) is 13.6 Å². The van der Waals surface area contributed by atoms with Crippen LogP contribution < -0.4 is 16.4 Å². The van der Waals surface area contributed by atoms with Gasteiger partial charge in [0.25, 0.3) is 5.91 Å². The second-order valence-corrected chi connectivity index (χ2v) is 3.51. The standard InChI is InChI=1S/C7H12N4O2S/c1-11(2-3-12)7-4(6(9)13)5(8)10-14-7/h12H,2-3H2,1H3,(H2,8,10)(H2,9,13). The van der Waals surface area contributed by atoms with Crippen LogP contribution in [0.25, 0.3) is 0 Å². The van der Waals surface area contributed by atoms with Gasteiger partial charge in [0.15, 0.2) is 5.82 Å². The molecule has 0 radical (unpaired) electrons. The van der Waals surface area contributed by atoms with Gasteiger partial charge in [0.05, 0.1) is 6.61 Å². The van der Waals surface area contributed by atoms with Gasteiger partial charge in [0.1, 0.15) is 10.6 Å². The fraction of sp³-hybridized carbons (Fsp3) is 0.429. The van der Waals surface area contributed by atoms with Gasteiger partial charge in [-0.1, -0.05) is 0 Å². The van der Waals surface area contributed by atoms with Crippen LogP contribution in [0, 0.1) is 0 Å². The molecule has 1 heterocycles. The van der Waals surface area contributed by atoms with E-state index in [0.717, 1.165) is 11.5 Å². The molecule has 0 saturated heterocycles. The molecule has 1 amide bonds. The van der Waals surface area contributed by atoms with E-state index in [2.05, 4.69) is 4.37 Å². The van der Waals surface area contributed by atoms with Crippen molar-refractivity contribution in [2.24, 2.45) is 5.73 Å². The van der Waals surface area contributed by atoms with E-state index in [-0.39, 0.29) is 18.0 Å². The molecule has 0 bridgehead atoms. The van der Waals surface area contributed by atoms with Crippen LogP contribution in [-0.4, -0.2) is 35.6 Å². The highest BCUT2D eigenvalue weighted by Crippen LogP contribution is 2.28.